The number of fused-ring (bicyclic) bond motifs is 1. The molecule has 122 valence electrons. The topological polar surface area (TPSA) is 72.7 Å². The van der Waals surface area contributed by atoms with E-state index >= 15 is 0 Å². The summed E-state index contributed by atoms with van der Waals surface area (Å²) in [6.07, 6.45) is 7.25. The van der Waals surface area contributed by atoms with Gasteiger partial charge in [-0.1, -0.05) is 23.8 Å². The fraction of sp³-hybridized carbons (Fsp3) is 0.333. The van der Waals surface area contributed by atoms with Gasteiger partial charge < -0.3 is 5.32 Å². The highest BCUT2D eigenvalue weighted by Crippen LogP contribution is 2.25. The number of amides is 1. The number of rotatable bonds is 4. The molecule has 1 saturated carbocycles. The molecule has 6 heteroatoms. The van der Waals surface area contributed by atoms with Gasteiger partial charge in [0.25, 0.3) is 5.91 Å². The summed E-state index contributed by atoms with van der Waals surface area (Å²) in [4.78, 5) is 16.5. The molecule has 3 aromatic rings. The number of nitrogens with one attached hydrogen (secondary N) is 1. The van der Waals surface area contributed by atoms with Crippen molar-refractivity contribution in [1.82, 2.24) is 25.3 Å². The van der Waals surface area contributed by atoms with Crippen LogP contribution >= 0.6 is 0 Å². The molecule has 0 unspecified atom stereocenters. The molecule has 0 saturated heterocycles. The van der Waals surface area contributed by atoms with Crippen molar-refractivity contribution < 1.29 is 4.79 Å². The Labute approximate surface area is 139 Å². The summed E-state index contributed by atoms with van der Waals surface area (Å²) >= 11 is 0. The number of aromatic nitrogens is 4. The molecule has 1 N–H and O–H groups in total. The van der Waals surface area contributed by atoms with Gasteiger partial charge in [0.05, 0.1) is 11.4 Å². The third-order valence-corrected chi connectivity index (χ3v) is 4.77. The first-order valence-electron chi connectivity index (χ1n) is 8.27. The zero-order chi connectivity index (χ0) is 16.5. The van der Waals surface area contributed by atoms with Gasteiger partial charge in [0.15, 0.2) is 5.69 Å². The first-order valence-corrected chi connectivity index (χ1v) is 8.27. The van der Waals surface area contributed by atoms with Gasteiger partial charge in [-0.3, -0.25) is 9.78 Å². The van der Waals surface area contributed by atoms with Crippen molar-refractivity contribution in [2.75, 3.05) is 6.54 Å². The van der Waals surface area contributed by atoms with E-state index in [0.717, 1.165) is 28.7 Å². The summed E-state index contributed by atoms with van der Waals surface area (Å²) in [5, 5.41) is 13.3. The Bertz CT molecular complexity index is 892. The number of pyridine rings is 1. The highest BCUT2D eigenvalue weighted by Gasteiger charge is 2.21. The molecule has 0 aliphatic heterocycles. The first kappa shape index (κ1) is 14.8. The Kier molecular flexibility index (Phi) is 3.72. The second-order valence-corrected chi connectivity index (χ2v) is 6.32. The maximum Gasteiger partial charge on any atom is 0.273 e. The number of hydrogen-bond donors (Lipinski definition) is 1. The van der Waals surface area contributed by atoms with Gasteiger partial charge in [0.1, 0.15) is 0 Å². The smallest absolute Gasteiger partial charge is 0.273 e. The van der Waals surface area contributed by atoms with Crippen LogP contribution in [0.4, 0.5) is 0 Å². The third-order valence-electron chi connectivity index (χ3n) is 4.77. The molecule has 1 amide bonds. The lowest BCUT2D eigenvalue weighted by atomic mass is 9.85. The van der Waals surface area contributed by atoms with Crippen LogP contribution in [0.5, 0.6) is 0 Å². The summed E-state index contributed by atoms with van der Waals surface area (Å²) in [6, 6.07) is 7.88. The van der Waals surface area contributed by atoms with Gasteiger partial charge in [-0.2, -0.15) is 0 Å². The van der Waals surface area contributed by atoms with Crippen LogP contribution < -0.4 is 5.32 Å². The zero-order valence-corrected chi connectivity index (χ0v) is 13.6. The van der Waals surface area contributed by atoms with Crippen molar-refractivity contribution in [3.8, 4) is 5.69 Å². The minimum Gasteiger partial charge on any atom is -0.350 e. The average Bonchev–Trinajstić information content (AvgIpc) is 2.94. The van der Waals surface area contributed by atoms with Crippen LogP contribution in [0.1, 0.15) is 35.4 Å². The molecule has 2 heterocycles. The molecule has 0 atom stereocenters. The van der Waals surface area contributed by atoms with Gasteiger partial charge in [-0.05, 0) is 37.8 Å². The molecule has 1 aliphatic rings. The van der Waals surface area contributed by atoms with Gasteiger partial charge in [-0.25, -0.2) is 4.68 Å². The van der Waals surface area contributed by atoms with E-state index < -0.39 is 0 Å². The predicted octanol–water partition coefficient (Wildman–Crippen LogP) is 2.65. The molecule has 1 aliphatic carbocycles. The lowest BCUT2D eigenvalue weighted by Gasteiger charge is -2.25. The average molecular weight is 321 g/mol. The predicted molar refractivity (Wildman–Crippen MR) is 91.1 cm³/mol. The Balaban J connectivity index is 1.64. The standard InChI is InChI=1S/C18H19N5O/c1-12-17(18(24)20-10-13-4-2-5-13)21-22-23(12)16-7-3-6-14-11-19-9-8-15(14)16/h3,6-9,11,13H,2,4-5,10H2,1H3,(H,20,24). The molecule has 1 fully saturated rings. The van der Waals surface area contributed by atoms with Crippen molar-refractivity contribution in [3.05, 3.63) is 48.0 Å². The van der Waals surface area contributed by atoms with Crippen molar-refractivity contribution in [2.45, 2.75) is 26.2 Å². The van der Waals surface area contributed by atoms with Gasteiger partial charge >= 0.3 is 0 Å². The van der Waals surface area contributed by atoms with Crippen LogP contribution in [-0.4, -0.2) is 32.4 Å². The number of hydrogen-bond acceptors (Lipinski definition) is 4. The van der Waals surface area contributed by atoms with E-state index in [1.54, 1.807) is 10.9 Å². The van der Waals surface area contributed by atoms with Crippen molar-refractivity contribution in [3.63, 3.8) is 0 Å². The molecule has 0 bridgehead atoms. The van der Waals surface area contributed by atoms with Crippen molar-refractivity contribution in [2.24, 2.45) is 5.92 Å². The molecular weight excluding hydrogens is 302 g/mol. The van der Waals surface area contributed by atoms with E-state index in [9.17, 15) is 4.79 Å². The maximum atomic E-state index is 12.4. The number of nitrogens with zero attached hydrogens (tertiary/aromatic N) is 4. The molecule has 0 radical (unpaired) electrons. The van der Waals surface area contributed by atoms with Crippen LogP contribution in [0.2, 0.25) is 0 Å². The van der Waals surface area contributed by atoms with Crippen molar-refractivity contribution >= 4 is 16.7 Å². The van der Waals surface area contributed by atoms with E-state index in [2.05, 4.69) is 20.6 Å². The highest BCUT2D eigenvalue weighted by atomic mass is 16.2. The third kappa shape index (κ3) is 2.54. The van der Waals surface area contributed by atoms with Crippen LogP contribution in [0.3, 0.4) is 0 Å². The lowest BCUT2D eigenvalue weighted by molar-refractivity contribution is 0.0933. The van der Waals surface area contributed by atoms with E-state index in [4.69, 9.17) is 0 Å². The summed E-state index contributed by atoms with van der Waals surface area (Å²) in [7, 11) is 0. The Morgan fingerprint density at radius 3 is 3.00 bits per heavy atom. The lowest BCUT2D eigenvalue weighted by Crippen LogP contribution is -2.32. The molecular formula is C18H19N5O. The maximum absolute atomic E-state index is 12.4. The summed E-state index contributed by atoms with van der Waals surface area (Å²) < 4.78 is 1.72. The number of carbonyl (C=O) groups is 1. The van der Waals surface area contributed by atoms with Gasteiger partial charge in [0.2, 0.25) is 0 Å². The SMILES string of the molecule is Cc1c(C(=O)NCC2CCC2)nnn1-c1cccc2cnccc12. The Hall–Kier alpha value is -2.76. The normalized spacial score (nSPS) is 14.5. The second-order valence-electron chi connectivity index (χ2n) is 6.32. The van der Waals surface area contributed by atoms with Crippen LogP contribution in [-0.2, 0) is 0 Å². The van der Waals surface area contributed by atoms with Crippen LogP contribution in [0.25, 0.3) is 16.5 Å². The molecule has 1 aromatic carbocycles. The Morgan fingerprint density at radius 1 is 1.33 bits per heavy atom. The van der Waals surface area contributed by atoms with Crippen LogP contribution in [0, 0.1) is 12.8 Å². The second kappa shape index (κ2) is 6.03. The Morgan fingerprint density at radius 2 is 2.21 bits per heavy atom. The summed E-state index contributed by atoms with van der Waals surface area (Å²) in [5.41, 5.74) is 2.03. The minimum atomic E-state index is -0.146. The van der Waals surface area contributed by atoms with Crippen molar-refractivity contribution in [1.29, 1.82) is 0 Å². The fourth-order valence-electron chi connectivity index (χ4n) is 3.08. The number of carbonyl (C=O) groups excluding carboxylic acids is 1. The van der Waals surface area contributed by atoms with Crippen LogP contribution in [0.15, 0.2) is 36.7 Å². The summed E-state index contributed by atoms with van der Waals surface area (Å²) in [6.45, 7) is 2.60. The quantitative estimate of drug-likeness (QED) is 0.802. The highest BCUT2D eigenvalue weighted by molar-refractivity contribution is 5.94. The zero-order valence-electron chi connectivity index (χ0n) is 13.6. The van der Waals surface area contributed by atoms with E-state index in [0.29, 0.717) is 11.6 Å². The molecule has 6 nitrogen and oxygen atoms in total. The fourth-order valence-corrected chi connectivity index (χ4v) is 3.08. The molecule has 2 aromatic heterocycles. The molecule has 24 heavy (non-hydrogen) atoms. The van der Waals surface area contributed by atoms with Gasteiger partial charge in [-0.15, -0.1) is 5.10 Å². The molecule has 0 spiro atoms. The first-order chi connectivity index (χ1) is 11.7. The van der Waals surface area contributed by atoms with E-state index in [1.165, 1.54) is 19.3 Å². The van der Waals surface area contributed by atoms with E-state index in [1.807, 2.05) is 37.4 Å². The molecule has 4 rings (SSSR count). The summed E-state index contributed by atoms with van der Waals surface area (Å²) in [5.74, 6) is 0.474. The number of benzene rings is 1. The monoisotopic (exact) mass is 321 g/mol. The largest absolute Gasteiger partial charge is 0.350 e. The minimum absolute atomic E-state index is 0.146. The van der Waals surface area contributed by atoms with E-state index in [-0.39, 0.29) is 5.91 Å². The van der Waals surface area contributed by atoms with Gasteiger partial charge in [0, 0.05) is 29.7 Å².